The van der Waals surface area contributed by atoms with E-state index < -0.39 is 0 Å². The van der Waals surface area contributed by atoms with E-state index in [-0.39, 0.29) is 17.1 Å². The third-order valence-electron chi connectivity index (χ3n) is 2.18. The van der Waals surface area contributed by atoms with Crippen LogP contribution in [0, 0.1) is 13.8 Å². The van der Waals surface area contributed by atoms with Crippen LogP contribution in [-0.4, -0.2) is 10.9 Å². The fourth-order valence-corrected chi connectivity index (χ4v) is 1.38. The predicted molar refractivity (Wildman–Crippen MR) is 52.6 cm³/mol. The van der Waals surface area contributed by atoms with Crippen LogP contribution in [0.25, 0.3) is 0 Å². The van der Waals surface area contributed by atoms with E-state index in [4.69, 9.17) is 11.6 Å². The third-order valence-corrected chi connectivity index (χ3v) is 2.57. The number of Topliss-reactive ketones (excluding diaryl/α,β-unsaturated/α-hetero) is 1. The highest BCUT2D eigenvalue weighted by atomic mass is 35.5. The summed E-state index contributed by atoms with van der Waals surface area (Å²) in [6.45, 7) is 4.95. The van der Waals surface area contributed by atoms with Gasteiger partial charge in [-0.25, -0.2) is 0 Å². The van der Waals surface area contributed by atoms with Gasteiger partial charge in [0.15, 0.2) is 5.78 Å². The first-order valence-corrected chi connectivity index (χ1v) is 4.32. The molecule has 0 amide bonds. The molecular weight excluding hydrogens is 188 g/mol. The van der Waals surface area contributed by atoms with Gasteiger partial charge in [0, 0.05) is 5.02 Å². The van der Waals surface area contributed by atoms with Crippen molar-refractivity contribution in [3.8, 4) is 5.75 Å². The second kappa shape index (κ2) is 3.38. The van der Waals surface area contributed by atoms with Crippen molar-refractivity contribution >= 4 is 17.4 Å². The van der Waals surface area contributed by atoms with Crippen molar-refractivity contribution in [2.24, 2.45) is 0 Å². The highest BCUT2D eigenvalue weighted by Gasteiger charge is 2.13. The number of phenolic OH excluding ortho intramolecular Hbond substituents is 1. The summed E-state index contributed by atoms with van der Waals surface area (Å²) >= 11 is 5.87. The molecule has 13 heavy (non-hydrogen) atoms. The molecule has 1 aromatic carbocycles. The minimum Gasteiger partial charge on any atom is -0.507 e. The van der Waals surface area contributed by atoms with Gasteiger partial charge < -0.3 is 5.11 Å². The van der Waals surface area contributed by atoms with Gasteiger partial charge in [0.25, 0.3) is 0 Å². The molecule has 1 rings (SSSR count). The van der Waals surface area contributed by atoms with Gasteiger partial charge in [-0.1, -0.05) is 11.6 Å². The van der Waals surface area contributed by atoms with Crippen molar-refractivity contribution in [1.82, 2.24) is 0 Å². The van der Waals surface area contributed by atoms with Crippen LogP contribution in [0.1, 0.15) is 28.4 Å². The molecule has 0 atom stereocenters. The third kappa shape index (κ3) is 1.68. The van der Waals surface area contributed by atoms with Crippen molar-refractivity contribution in [3.63, 3.8) is 0 Å². The maximum absolute atomic E-state index is 11.1. The summed E-state index contributed by atoms with van der Waals surface area (Å²) in [5, 5.41) is 10.1. The molecule has 1 aromatic rings. The lowest BCUT2D eigenvalue weighted by molar-refractivity contribution is 0.101. The van der Waals surface area contributed by atoms with Crippen LogP contribution in [0.5, 0.6) is 5.75 Å². The molecule has 70 valence electrons. The van der Waals surface area contributed by atoms with Crippen molar-refractivity contribution in [3.05, 3.63) is 27.8 Å². The van der Waals surface area contributed by atoms with Gasteiger partial charge in [0.05, 0.1) is 5.56 Å². The number of halogens is 1. The van der Waals surface area contributed by atoms with E-state index in [1.54, 1.807) is 13.8 Å². The summed E-state index contributed by atoms with van der Waals surface area (Å²) in [5.41, 5.74) is 1.76. The summed E-state index contributed by atoms with van der Waals surface area (Å²) in [7, 11) is 0. The van der Waals surface area contributed by atoms with Gasteiger partial charge >= 0.3 is 0 Å². The number of ketones is 1. The van der Waals surface area contributed by atoms with E-state index in [0.717, 1.165) is 5.56 Å². The molecule has 0 bridgehead atoms. The van der Waals surface area contributed by atoms with Gasteiger partial charge in [0.2, 0.25) is 0 Å². The second-order valence-electron chi connectivity index (χ2n) is 3.06. The fourth-order valence-electron chi connectivity index (χ4n) is 1.13. The van der Waals surface area contributed by atoms with E-state index >= 15 is 0 Å². The Hall–Kier alpha value is -1.02. The molecule has 0 aromatic heterocycles. The summed E-state index contributed by atoms with van der Waals surface area (Å²) in [6.07, 6.45) is 0. The minimum atomic E-state index is -0.178. The van der Waals surface area contributed by atoms with Crippen LogP contribution in [0.2, 0.25) is 5.02 Å². The lowest BCUT2D eigenvalue weighted by atomic mass is 10.0. The largest absolute Gasteiger partial charge is 0.507 e. The van der Waals surface area contributed by atoms with Crippen LogP contribution in [0.15, 0.2) is 6.07 Å². The van der Waals surface area contributed by atoms with Crippen molar-refractivity contribution in [1.29, 1.82) is 0 Å². The molecule has 0 heterocycles. The molecule has 0 aliphatic carbocycles. The maximum atomic E-state index is 11.1. The zero-order valence-corrected chi connectivity index (χ0v) is 8.57. The van der Waals surface area contributed by atoms with Crippen LogP contribution < -0.4 is 0 Å². The molecule has 2 nitrogen and oxygen atoms in total. The van der Waals surface area contributed by atoms with Crippen LogP contribution in [0.4, 0.5) is 0 Å². The molecular formula is C10H11ClO2. The number of hydrogen-bond donors (Lipinski definition) is 1. The van der Waals surface area contributed by atoms with E-state index in [1.807, 2.05) is 0 Å². The van der Waals surface area contributed by atoms with Crippen molar-refractivity contribution in [2.75, 3.05) is 0 Å². The van der Waals surface area contributed by atoms with Crippen molar-refractivity contribution < 1.29 is 9.90 Å². The summed E-state index contributed by atoms with van der Waals surface area (Å²) < 4.78 is 0. The zero-order valence-electron chi connectivity index (χ0n) is 7.81. The monoisotopic (exact) mass is 198 g/mol. The number of carbonyl (C=O) groups is 1. The average Bonchev–Trinajstić information content (AvgIpc) is 2.07. The summed E-state index contributed by atoms with van der Waals surface area (Å²) in [4.78, 5) is 11.1. The highest BCUT2D eigenvalue weighted by molar-refractivity contribution is 6.32. The average molecular weight is 199 g/mol. The van der Waals surface area contributed by atoms with Crippen molar-refractivity contribution in [2.45, 2.75) is 20.8 Å². The molecule has 0 spiro atoms. The Morgan fingerprint density at radius 2 is 1.92 bits per heavy atom. The normalized spacial score (nSPS) is 10.2. The Balaban J connectivity index is 3.50. The Labute approximate surface area is 82.2 Å². The van der Waals surface area contributed by atoms with E-state index in [0.29, 0.717) is 10.6 Å². The predicted octanol–water partition coefficient (Wildman–Crippen LogP) is 2.87. The first-order valence-electron chi connectivity index (χ1n) is 3.94. The molecule has 0 aliphatic heterocycles. The number of hydrogen-bond acceptors (Lipinski definition) is 2. The quantitative estimate of drug-likeness (QED) is 0.705. The van der Waals surface area contributed by atoms with Gasteiger partial charge in [-0.15, -0.1) is 0 Å². The highest BCUT2D eigenvalue weighted by Crippen LogP contribution is 2.30. The smallest absolute Gasteiger partial charge is 0.163 e. The molecule has 0 unspecified atom stereocenters. The lowest BCUT2D eigenvalue weighted by Gasteiger charge is -2.08. The topological polar surface area (TPSA) is 37.3 Å². The molecule has 0 aliphatic rings. The Morgan fingerprint density at radius 1 is 1.38 bits per heavy atom. The summed E-state index contributed by atoms with van der Waals surface area (Å²) in [6, 6.07) is 1.50. The molecule has 0 saturated heterocycles. The Kier molecular flexibility index (Phi) is 2.62. The van der Waals surface area contributed by atoms with E-state index in [9.17, 15) is 9.90 Å². The summed E-state index contributed by atoms with van der Waals surface area (Å²) in [5.74, 6) is -0.142. The lowest BCUT2D eigenvalue weighted by Crippen LogP contribution is -1.96. The fraction of sp³-hybridized carbons (Fsp3) is 0.300. The van der Waals surface area contributed by atoms with Crippen LogP contribution >= 0.6 is 11.6 Å². The first-order chi connectivity index (χ1) is 5.95. The molecule has 3 heteroatoms. The van der Waals surface area contributed by atoms with Gasteiger partial charge in [-0.05, 0) is 38.0 Å². The standard InChI is InChI=1S/C10H11ClO2/c1-5-6(2)10(13)8(7(3)12)4-9(5)11/h4,13H,1-3H3. The molecule has 0 fully saturated rings. The number of phenols is 1. The molecule has 0 radical (unpaired) electrons. The Morgan fingerprint density at radius 3 is 2.38 bits per heavy atom. The molecule has 1 N–H and O–H groups in total. The minimum absolute atomic E-state index is 0.0365. The van der Waals surface area contributed by atoms with Crippen LogP contribution in [0.3, 0.4) is 0 Å². The number of aromatic hydroxyl groups is 1. The second-order valence-corrected chi connectivity index (χ2v) is 3.47. The number of rotatable bonds is 1. The maximum Gasteiger partial charge on any atom is 0.163 e. The SMILES string of the molecule is CC(=O)c1cc(Cl)c(C)c(C)c1O. The van der Waals surface area contributed by atoms with Gasteiger partial charge in [-0.2, -0.15) is 0 Å². The number of carbonyl (C=O) groups excluding carboxylic acids is 1. The van der Waals surface area contributed by atoms with Gasteiger partial charge in [0.1, 0.15) is 5.75 Å². The zero-order chi connectivity index (χ0) is 10.2. The van der Waals surface area contributed by atoms with E-state index in [2.05, 4.69) is 0 Å². The first kappa shape index (κ1) is 10.1. The Bertz CT molecular complexity index is 370. The molecule has 0 saturated carbocycles. The van der Waals surface area contributed by atoms with E-state index in [1.165, 1.54) is 13.0 Å². The number of benzene rings is 1. The van der Waals surface area contributed by atoms with Crippen LogP contribution in [-0.2, 0) is 0 Å². The van der Waals surface area contributed by atoms with Gasteiger partial charge in [-0.3, -0.25) is 4.79 Å².